The topological polar surface area (TPSA) is 18.5 Å². The van der Waals surface area contributed by atoms with Crippen molar-refractivity contribution >= 4 is 64.6 Å². The van der Waals surface area contributed by atoms with Crippen molar-refractivity contribution in [3.05, 3.63) is 121 Å². The van der Waals surface area contributed by atoms with Crippen LogP contribution in [0.4, 0.5) is 0 Å². The van der Waals surface area contributed by atoms with Crippen LogP contribution in [0.5, 0.6) is 23.0 Å². The largest absolute Gasteiger partial charge is 0.456 e. The Labute approximate surface area is 218 Å². The van der Waals surface area contributed by atoms with Gasteiger partial charge in [-0.3, -0.25) is 0 Å². The summed E-state index contributed by atoms with van der Waals surface area (Å²) in [6.45, 7) is 0. The molecule has 0 fully saturated rings. The molecule has 38 heavy (non-hydrogen) atoms. The van der Waals surface area contributed by atoms with Crippen molar-refractivity contribution in [3.63, 3.8) is 0 Å². The van der Waals surface area contributed by atoms with Gasteiger partial charge in [0.15, 0.2) is 0 Å². The molecule has 0 spiro atoms. The highest BCUT2D eigenvalue weighted by atomic mass is 16.5. The molecule has 0 N–H and O–H groups in total. The van der Waals surface area contributed by atoms with Crippen LogP contribution in [0, 0.1) is 0 Å². The van der Waals surface area contributed by atoms with Gasteiger partial charge < -0.3 is 9.47 Å². The standard InChI is InChI=1S/2C18H10O/c2*1-3-11-7-9-13-10-8-12-4-2-6-15-17(12)18(13)16(11)14(5-1)19-15/h2*1-10H. The Morgan fingerprint density at radius 3 is 0.737 bits per heavy atom. The Balaban J connectivity index is 0.000000111. The maximum absolute atomic E-state index is 6.09. The van der Waals surface area contributed by atoms with Crippen molar-refractivity contribution in [2.24, 2.45) is 0 Å². The predicted octanol–water partition coefficient (Wildman–Crippen LogP) is 10.5. The van der Waals surface area contributed by atoms with E-state index in [1.54, 1.807) is 0 Å². The van der Waals surface area contributed by atoms with Gasteiger partial charge in [0.25, 0.3) is 0 Å². The third kappa shape index (κ3) is 2.61. The van der Waals surface area contributed by atoms with Gasteiger partial charge in [0.2, 0.25) is 0 Å². The van der Waals surface area contributed by atoms with Crippen LogP contribution in [0.1, 0.15) is 0 Å². The SMILES string of the molecule is c1cc2c3c(c1)ccc1ccc4cccc(c4c13)O2.c1cc2c3c(c1)ccc1ccc4cccc(c4c13)O2. The first-order valence-electron chi connectivity index (χ1n) is 12.9. The number of hydrogen-bond donors (Lipinski definition) is 0. The molecule has 2 heteroatoms. The third-order valence-electron chi connectivity index (χ3n) is 8.02. The molecule has 0 saturated carbocycles. The fraction of sp³-hybridized carbons (Fsp3) is 0. The highest BCUT2D eigenvalue weighted by Gasteiger charge is 2.19. The molecule has 0 saturated heterocycles. The molecular weight excluding hydrogens is 464 g/mol. The van der Waals surface area contributed by atoms with E-state index in [1.165, 1.54) is 64.6 Å². The van der Waals surface area contributed by atoms with E-state index in [1.807, 2.05) is 0 Å². The summed E-state index contributed by atoms with van der Waals surface area (Å²) in [4.78, 5) is 0. The van der Waals surface area contributed by atoms with Gasteiger partial charge in [0.05, 0.1) is 0 Å². The normalized spacial score (nSPS) is 12.6. The van der Waals surface area contributed by atoms with Crippen molar-refractivity contribution in [1.29, 1.82) is 0 Å². The Morgan fingerprint density at radius 2 is 0.474 bits per heavy atom. The monoisotopic (exact) mass is 484 g/mol. The molecule has 10 rings (SSSR count). The summed E-state index contributed by atoms with van der Waals surface area (Å²) >= 11 is 0. The zero-order valence-electron chi connectivity index (χ0n) is 20.4. The van der Waals surface area contributed by atoms with Crippen molar-refractivity contribution in [2.75, 3.05) is 0 Å². The van der Waals surface area contributed by atoms with Crippen LogP contribution in [-0.4, -0.2) is 0 Å². The third-order valence-corrected chi connectivity index (χ3v) is 8.02. The van der Waals surface area contributed by atoms with Crippen molar-refractivity contribution < 1.29 is 9.47 Å². The molecule has 2 heterocycles. The van der Waals surface area contributed by atoms with Crippen LogP contribution in [0.3, 0.4) is 0 Å². The van der Waals surface area contributed by atoms with Crippen LogP contribution in [-0.2, 0) is 0 Å². The van der Waals surface area contributed by atoms with E-state index in [9.17, 15) is 0 Å². The van der Waals surface area contributed by atoms with Crippen molar-refractivity contribution in [3.8, 4) is 23.0 Å². The van der Waals surface area contributed by atoms with E-state index in [0.717, 1.165) is 23.0 Å². The van der Waals surface area contributed by atoms with Crippen LogP contribution in [0.2, 0.25) is 0 Å². The Morgan fingerprint density at radius 1 is 0.237 bits per heavy atom. The minimum Gasteiger partial charge on any atom is -0.456 e. The van der Waals surface area contributed by atoms with Gasteiger partial charge in [-0.15, -0.1) is 0 Å². The molecule has 2 aliphatic rings. The second-order valence-electron chi connectivity index (χ2n) is 10.1. The zero-order chi connectivity index (χ0) is 24.8. The lowest BCUT2D eigenvalue weighted by Gasteiger charge is -2.19. The number of ether oxygens (including phenoxy) is 2. The second-order valence-corrected chi connectivity index (χ2v) is 10.1. The minimum absolute atomic E-state index is 0.967. The van der Waals surface area contributed by atoms with Gasteiger partial charge in [-0.1, -0.05) is 97.1 Å². The summed E-state index contributed by atoms with van der Waals surface area (Å²) in [7, 11) is 0. The summed E-state index contributed by atoms with van der Waals surface area (Å²) in [6, 6.07) is 42.5. The maximum Gasteiger partial charge on any atom is 0.135 e. The Kier molecular flexibility index (Phi) is 3.82. The van der Waals surface area contributed by atoms with Crippen LogP contribution in [0.25, 0.3) is 64.6 Å². The molecule has 0 bridgehead atoms. The summed E-state index contributed by atoms with van der Waals surface area (Å²) < 4.78 is 12.2. The fourth-order valence-corrected chi connectivity index (χ4v) is 6.39. The first kappa shape index (κ1) is 20.0. The van der Waals surface area contributed by atoms with Gasteiger partial charge in [-0.2, -0.15) is 0 Å². The van der Waals surface area contributed by atoms with Crippen molar-refractivity contribution in [1.82, 2.24) is 0 Å². The molecule has 0 atom stereocenters. The van der Waals surface area contributed by atoms with Crippen LogP contribution >= 0.6 is 0 Å². The van der Waals surface area contributed by atoms with Gasteiger partial charge in [0, 0.05) is 32.3 Å². The lowest BCUT2D eigenvalue weighted by molar-refractivity contribution is 0.492. The quantitative estimate of drug-likeness (QED) is 0.199. The van der Waals surface area contributed by atoms with Crippen LogP contribution in [0.15, 0.2) is 121 Å². The van der Waals surface area contributed by atoms with Gasteiger partial charge >= 0.3 is 0 Å². The van der Waals surface area contributed by atoms with Crippen LogP contribution < -0.4 is 9.47 Å². The molecule has 2 aliphatic heterocycles. The van der Waals surface area contributed by atoms with E-state index in [4.69, 9.17) is 9.47 Å². The van der Waals surface area contributed by atoms with Crippen molar-refractivity contribution in [2.45, 2.75) is 0 Å². The molecular formula is C36H20O2. The Bertz CT molecular complexity index is 1980. The minimum atomic E-state index is 0.967. The molecule has 0 aliphatic carbocycles. The summed E-state index contributed by atoms with van der Waals surface area (Å²) in [6.07, 6.45) is 0. The van der Waals surface area contributed by atoms with Gasteiger partial charge in [-0.05, 0) is 56.6 Å². The van der Waals surface area contributed by atoms with E-state index < -0.39 is 0 Å². The second kappa shape index (κ2) is 7.24. The molecule has 8 aromatic rings. The molecule has 0 amide bonds. The van der Waals surface area contributed by atoms with E-state index >= 15 is 0 Å². The average Bonchev–Trinajstić information content (AvgIpc) is 2.97. The molecule has 0 aromatic heterocycles. The van der Waals surface area contributed by atoms with E-state index in [0.29, 0.717) is 0 Å². The van der Waals surface area contributed by atoms with Gasteiger partial charge in [0.1, 0.15) is 23.0 Å². The summed E-state index contributed by atoms with van der Waals surface area (Å²) in [5.74, 6) is 3.87. The number of hydrogen-bond acceptors (Lipinski definition) is 2. The maximum atomic E-state index is 6.09. The number of benzene rings is 8. The first-order valence-corrected chi connectivity index (χ1v) is 12.9. The Hall–Kier alpha value is -5.08. The molecule has 2 nitrogen and oxygen atoms in total. The predicted molar refractivity (Wildman–Crippen MR) is 158 cm³/mol. The van der Waals surface area contributed by atoms with E-state index in [2.05, 4.69) is 121 Å². The molecule has 0 radical (unpaired) electrons. The van der Waals surface area contributed by atoms with E-state index in [-0.39, 0.29) is 0 Å². The smallest absolute Gasteiger partial charge is 0.135 e. The fourth-order valence-electron chi connectivity index (χ4n) is 6.39. The number of rotatable bonds is 0. The molecule has 176 valence electrons. The zero-order valence-corrected chi connectivity index (χ0v) is 20.4. The molecule has 8 aromatic carbocycles. The highest BCUT2D eigenvalue weighted by molar-refractivity contribution is 6.26. The summed E-state index contributed by atoms with van der Waals surface area (Å²) in [5.41, 5.74) is 0. The highest BCUT2D eigenvalue weighted by Crippen LogP contribution is 2.47. The molecule has 0 unspecified atom stereocenters. The lowest BCUT2D eigenvalue weighted by Crippen LogP contribution is -1.94. The summed E-state index contributed by atoms with van der Waals surface area (Å²) in [5, 5.41) is 15.1. The lowest BCUT2D eigenvalue weighted by atomic mass is 9.94. The van der Waals surface area contributed by atoms with Gasteiger partial charge in [-0.25, -0.2) is 0 Å². The first-order chi connectivity index (χ1) is 18.8. The average molecular weight is 485 g/mol.